The second kappa shape index (κ2) is 7.46. The Kier molecular flexibility index (Phi) is 4.89. The maximum atomic E-state index is 13.1. The minimum absolute atomic E-state index is 0.200. The number of hydrogen-bond acceptors (Lipinski definition) is 3. The minimum Gasteiger partial charge on any atom is -0.369 e. The average molecular weight is 353 g/mol. The molecule has 1 amide bonds. The SMILES string of the molecule is O=C(CCN1CCN(c2ccc(F)cc2)CC1)N1CCc2ccccc21. The van der Waals surface area contributed by atoms with Crippen molar-refractivity contribution < 1.29 is 9.18 Å². The molecule has 0 saturated carbocycles. The Hall–Kier alpha value is -2.40. The highest BCUT2D eigenvalue weighted by Crippen LogP contribution is 2.28. The van der Waals surface area contributed by atoms with Gasteiger partial charge in [0.05, 0.1) is 0 Å². The fourth-order valence-corrected chi connectivity index (χ4v) is 3.87. The van der Waals surface area contributed by atoms with E-state index in [1.807, 2.05) is 35.2 Å². The fourth-order valence-electron chi connectivity index (χ4n) is 3.87. The van der Waals surface area contributed by atoms with Gasteiger partial charge in [-0.05, 0) is 42.3 Å². The molecule has 0 aromatic heterocycles. The molecule has 2 aliphatic heterocycles. The summed E-state index contributed by atoms with van der Waals surface area (Å²) in [5, 5.41) is 0. The van der Waals surface area contributed by atoms with E-state index in [1.54, 1.807) is 0 Å². The number of nitrogens with zero attached hydrogens (tertiary/aromatic N) is 3. The van der Waals surface area contributed by atoms with Crippen LogP contribution in [0.3, 0.4) is 0 Å². The van der Waals surface area contributed by atoms with E-state index >= 15 is 0 Å². The van der Waals surface area contributed by atoms with Crippen molar-refractivity contribution in [3.63, 3.8) is 0 Å². The maximum absolute atomic E-state index is 13.1. The Morgan fingerprint density at radius 2 is 1.65 bits per heavy atom. The number of fused-ring (bicyclic) bond motifs is 1. The van der Waals surface area contributed by atoms with Gasteiger partial charge in [0.1, 0.15) is 5.82 Å². The minimum atomic E-state index is -0.200. The van der Waals surface area contributed by atoms with E-state index in [2.05, 4.69) is 15.9 Å². The lowest BCUT2D eigenvalue weighted by molar-refractivity contribution is -0.118. The number of para-hydroxylation sites is 1. The molecule has 4 nitrogen and oxygen atoms in total. The second-order valence-electron chi connectivity index (χ2n) is 6.98. The van der Waals surface area contributed by atoms with E-state index in [-0.39, 0.29) is 11.7 Å². The summed E-state index contributed by atoms with van der Waals surface area (Å²) < 4.78 is 13.1. The summed E-state index contributed by atoms with van der Waals surface area (Å²) in [5.74, 6) is 0.0188. The smallest absolute Gasteiger partial charge is 0.228 e. The predicted octanol–water partition coefficient (Wildman–Crippen LogP) is 2.93. The second-order valence-corrected chi connectivity index (χ2v) is 6.98. The van der Waals surface area contributed by atoms with Gasteiger partial charge < -0.3 is 9.80 Å². The lowest BCUT2D eigenvalue weighted by atomic mass is 10.2. The number of hydrogen-bond donors (Lipinski definition) is 0. The van der Waals surface area contributed by atoms with E-state index < -0.39 is 0 Å². The van der Waals surface area contributed by atoms with Crippen LogP contribution >= 0.6 is 0 Å². The lowest BCUT2D eigenvalue weighted by Crippen LogP contribution is -2.47. The third-order valence-corrected chi connectivity index (χ3v) is 5.39. The van der Waals surface area contributed by atoms with Gasteiger partial charge in [0.25, 0.3) is 0 Å². The molecule has 0 radical (unpaired) electrons. The van der Waals surface area contributed by atoms with E-state index in [4.69, 9.17) is 0 Å². The van der Waals surface area contributed by atoms with Crippen LogP contribution in [-0.2, 0) is 11.2 Å². The molecule has 0 spiro atoms. The molecule has 5 heteroatoms. The van der Waals surface area contributed by atoms with Crippen molar-refractivity contribution in [2.75, 3.05) is 49.1 Å². The maximum Gasteiger partial charge on any atom is 0.228 e. The highest BCUT2D eigenvalue weighted by molar-refractivity contribution is 5.95. The van der Waals surface area contributed by atoms with E-state index in [0.29, 0.717) is 6.42 Å². The molecular formula is C21H24FN3O. The molecule has 26 heavy (non-hydrogen) atoms. The van der Waals surface area contributed by atoms with E-state index in [0.717, 1.165) is 57.1 Å². The van der Waals surface area contributed by atoms with Gasteiger partial charge in [-0.2, -0.15) is 0 Å². The molecule has 2 aromatic rings. The summed E-state index contributed by atoms with van der Waals surface area (Å²) in [5.41, 5.74) is 3.42. The summed E-state index contributed by atoms with van der Waals surface area (Å²) in [6, 6.07) is 14.9. The van der Waals surface area contributed by atoms with Crippen LogP contribution < -0.4 is 9.80 Å². The molecule has 136 valence electrons. The zero-order valence-corrected chi connectivity index (χ0v) is 14.9. The Labute approximate surface area is 153 Å². The van der Waals surface area contributed by atoms with E-state index in [9.17, 15) is 9.18 Å². The summed E-state index contributed by atoms with van der Waals surface area (Å²) in [6.45, 7) is 5.28. The van der Waals surface area contributed by atoms with Crippen LogP contribution in [0, 0.1) is 5.82 Å². The standard InChI is InChI=1S/C21H24FN3O/c22-18-5-7-19(8-6-18)24-15-13-23(14-16-24)11-10-21(26)25-12-9-17-3-1-2-4-20(17)25/h1-8H,9-16H2. The molecule has 2 aromatic carbocycles. The van der Waals surface area contributed by atoms with Crippen LogP contribution in [0.1, 0.15) is 12.0 Å². The van der Waals surface area contributed by atoms with Crippen molar-refractivity contribution in [2.45, 2.75) is 12.8 Å². The van der Waals surface area contributed by atoms with Gasteiger partial charge >= 0.3 is 0 Å². The molecule has 0 bridgehead atoms. The zero-order chi connectivity index (χ0) is 17.9. The number of amides is 1. The number of piperazine rings is 1. The van der Waals surface area contributed by atoms with Crippen molar-refractivity contribution in [1.29, 1.82) is 0 Å². The first-order valence-electron chi connectivity index (χ1n) is 9.32. The molecule has 1 saturated heterocycles. The van der Waals surface area contributed by atoms with Crippen molar-refractivity contribution in [3.8, 4) is 0 Å². The van der Waals surface area contributed by atoms with Crippen molar-refractivity contribution in [2.24, 2.45) is 0 Å². The molecule has 1 fully saturated rings. The third kappa shape index (κ3) is 3.58. The van der Waals surface area contributed by atoms with Gasteiger partial charge in [-0.15, -0.1) is 0 Å². The Morgan fingerprint density at radius 1 is 0.923 bits per heavy atom. The highest BCUT2D eigenvalue weighted by atomic mass is 19.1. The number of benzene rings is 2. The first-order chi connectivity index (χ1) is 12.7. The number of carbonyl (C=O) groups excluding carboxylic acids is 1. The first kappa shape index (κ1) is 17.0. The van der Waals surface area contributed by atoms with Crippen molar-refractivity contribution in [3.05, 3.63) is 59.9 Å². The zero-order valence-electron chi connectivity index (χ0n) is 14.9. The molecular weight excluding hydrogens is 329 g/mol. The lowest BCUT2D eigenvalue weighted by Gasteiger charge is -2.36. The Balaban J connectivity index is 1.26. The van der Waals surface area contributed by atoms with Crippen molar-refractivity contribution in [1.82, 2.24) is 4.90 Å². The number of rotatable bonds is 4. The monoisotopic (exact) mass is 353 g/mol. The first-order valence-corrected chi connectivity index (χ1v) is 9.32. The summed E-state index contributed by atoms with van der Waals surface area (Å²) >= 11 is 0. The van der Waals surface area contributed by atoms with Gasteiger partial charge in [-0.1, -0.05) is 18.2 Å². The molecule has 0 atom stereocenters. The fraction of sp³-hybridized carbons (Fsp3) is 0.381. The molecule has 0 N–H and O–H groups in total. The van der Waals surface area contributed by atoms with Gasteiger partial charge in [-0.25, -0.2) is 4.39 Å². The molecule has 4 rings (SSSR count). The molecule has 0 aliphatic carbocycles. The number of carbonyl (C=O) groups is 1. The normalized spacial score (nSPS) is 17.4. The van der Waals surface area contributed by atoms with Gasteiger partial charge in [-0.3, -0.25) is 9.69 Å². The van der Waals surface area contributed by atoms with Gasteiger partial charge in [0, 0.05) is 57.1 Å². The predicted molar refractivity (Wildman–Crippen MR) is 102 cm³/mol. The highest BCUT2D eigenvalue weighted by Gasteiger charge is 2.25. The molecule has 2 heterocycles. The third-order valence-electron chi connectivity index (χ3n) is 5.39. The largest absolute Gasteiger partial charge is 0.369 e. The van der Waals surface area contributed by atoms with Crippen LogP contribution in [0.4, 0.5) is 15.8 Å². The molecule has 2 aliphatic rings. The summed E-state index contributed by atoms with van der Waals surface area (Å²) in [6.07, 6.45) is 1.52. The topological polar surface area (TPSA) is 26.8 Å². The quantitative estimate of drug-likeness (QED) is 0.846. The summed E-state index contributed by atoms with van der Waals surface area (Å²) in [7, 11) is 0. The van der Waals surface area contributed by atoms with Gasteiger partial charge in [0.15, 0.2) is 0 Å². The van der Waals surface area contributed by atoms with Crippen LogP contribution in [0.2, 0.25) is 0 Å². The Morgan fingerprint density at radius 3 is 2.42 bits per heavy atom. The average Bonchev–Trinajstić information content (AvgIpc) is 3.11. The van der Waals surface area contributed by atoms with Crippen LogP contribution in [-0.4, -0.2) is 50.1 Å². The van der Waals surface area contributed by atoms with Crippen LogP contribution in [0.25, 0.3) is 0 Å². The Bertz CT molecular complexity index is 769. The van der Waals surface area contributed by atoms with Gasteiger partial charge in [0.2, 0.25) is 5.91 Å². The van der Waals surface area contributed by atoms with Crippen molar-refractivity contribution >= 4 is 17.3 Å². The van der Waals surface area contributed by atoms with Crippen LogP contribution in [0.5, 0.6) is 0 Å². The summed E-state index contributed by atoms with van der Waals surface area (Å²) in [4.78, 5) is 19.2. The number of anilines is 2. The number of halogens is 1. The molecule has 0 unspecified atom stereocenters. The van der Waals surface area contributed by atoms with Crippen LogP contribution in [0.15, 0.2) is 48.5 Å². The van der Waals surface area contributed by atoms with E-state index in [1.165, 1.54) is 17.7 Å².